The molecule has 0 aliphatic carbocycles. The largest absolute Gasteiger partial charge is 0.457 e. The fourth-order valence-corrected chi connectivity index (χ4v) is 4.96. The van der Waals surface area contributed by atoms with Crippen LogP contribution >= 0.6 is 11.6 Å². The Balaban J connectivity index is 1.54. The molecule has 3 aromatic carbocycles. The quantitative estimate of drug-likeness (QED) is 0.343. The Hall–Kier alpha value is -2.78. The van der Waals surface area contributed by atoms with Crippen molar-refractivity contribution in [2.45, 2.75) is 58.9 Å². The molecule has 1 atom stereocenters. The number of anilines is 1. The van der Waals surface area contributed by atoms with E-state index in [0.717, 1.165) is 47.2 Å². The molecule has 0 N–H and O–H groups in total. The summed E-state index contributed by atoms with van der Waals surface area (Å²) in [6.07, 6.45) is 4.11. The summed E-state index contributed by atoms with van der Waals surface area (Å²) < 4.78 is 5.91. The van der Waals surface area contributed by atoms with Crippen LogP contribution in [0.2, 0.25) is 5.02 Å². The summed E-state index contributed by atoms with van der Waals surface area (Å²) >= 11 is 6.72. The average Bonchev–Trinajstić information content (AvgIpc) is 2.78. The van der Waals surface area contributed by atoms with Gasteiger partial charge in [0, 0.05) is 29.5 Å². The molecular formula is C29H33ClN2O. The van der Waals surface area contributed by atoms with Crippen LogP contribution in [-0.2, 0) is 0 Å². The maximum atomic E-state index is 6.72. The van der Waals surface area contributed by atoms with Crippen molar-refractivity contribution >= 4 is 29.2 Å². The first-order valence-electron chi connectivity index (χ1n) is 11.8. The highest BCUT2D eigenvalue weighted by atomic mass is 35.5. The molecular weight excluding hydrogens is 428 g/mol. The third-order valence-electron chi connectivity index (χ3n) is 6.40. The summed E-state index contributed by atoms with van der Waals surface area (Å²) in [4.78, 5) is 7.19. The van der Waals surface area contributed by atoms with E-state index < -0.39 is 0 Å². The molecule has 4 rings (SSSR count). The number of hydrogen-bond donors (Lipinski definition) is 0. The van der Waals surface area contributed by atoms with E-state index in [1.807, 2.05) is 54.7 Å². The Labute approximate surface area is 203 Å². The van der Waals surface area contributed by atoms with Crippen molar-refractivity contribution in [2.75, 3.05) is 11.4 Å². The van der Waals surface area contributed by atoms with E-state index >= 15 is 0 Å². The number of aliphatic imine (C=N–C) groups is 1. The molecule has 0 spiro atoms. The summed E-state index contributed by atoms with van der Waals surface area (Å²) in [7, 11) is 0. The molecule has 0 fully saturated rings. The first kappa shape index (κ1) is 23.4. The van der Waals surface area contributed by atoms with E-state index in [2.05, 4.69) is 56.6 Å². The van der Waals surface area contributed by atoms with Crippen molar-refractivity contribution in [3.63, 3.8) is 0 Å². The summed E-state index contributed by atoms with van der Waals surface area (Å²) in [6, 6.07) is 20.2. The van der Waals surface area contributed by atoms with Crippen molar-refractivity contribution in [1.82, 2.24) is 0 Å². The summed E-state index contributed by atoms with van der Waals surface area (Å²) in [5.41, 5.74) is 5.78. The molecule has 1 unspecified atom stereocenters. The van der Waals surface area contributed by atoms with E-state index in [1.165, 1.54) is 16.8 Å². The van der Waals surface area contributed by atoms with Crippen molar-refractivity contribution in [3.05, 3.63) is 82.4 Å². The Morgan fingerprint density at radius 3 is 2.33 bits per heavy atom. The van der Waals surface area contributed by atoms with Gasteiger partial charge in [0.1, 0.15) is 11.5 Å². The number of benzene rings is 3. The van der Waals surface area contributed by atoms with Gasteiger partial charge in [0.2, 0.25) is 0 Å². The number of fused-ring (bicyclic) bond motifs is 1. The molecule has 1 aliphatic rings. The van der Waals surface area contributed by atoms with E-state index in [4.69, 9.17) is 16.3 Å². The molecule has 3 nitrogen and oxygen atoms in total. The number of ether oxygens (including phenoxy) is 1. The van der Waals surface area contributed by atoms with Crippen molar-refractivity contribution in [1.29, 1.82) is 0 Å². The second-order valence-electron chi connectivity index (χ2n) is 9.67. The Morgan fingerprint density at radius 2 is 1.70 bits per heavy atom. The minimum atomic E-state index is 0.129. The number of halogens is 1. The minimum Gasteiger partial charge on any atom is -0.457 e. The lowest BCUT2D eigenvalue weighted by Crippen LogP contribution is -2.48. The van der Waals surface area contributed by atoms with Gasteiger partial charge in [0.15, 0.2) is 0 Å². The molecule has 0 saturated heterocycles. The van der Waals surface area contributed by atoms with Crippen LogP contribution in [0.15, 0.2) is 65.7 Å². The van der Waals surface area contributed by atoms with Gasteiger partial charge in [-0.2, -0.15) is 0 Å². The van der Waals surface area contributed by atoms with Gasteiger partial charge >= 0.3 is 0 Å². The molecule has 0 radical (unpaired) electrons. The fraction of sp³-hybridized carbons (Fsp3) is 0.345. The van der Waals surface area contributed by atoms with Gasteiger partial charge in [-0.05, 0) is 93.6 Å². The van der Waals surface area contributed by atoms with Gasteiger partial charge in [-0.25, -0.2) is 0 Å². The third kappa shape index (κ3) is 5.25. The zero-order chi connectivity index (χ0) is 23.6. The third-order valence-corrected chi connectivity index (χ3v) is 6.72. The lowest BCUT2D eigenvalue weighted by molar-refractivity contribution is 0.376. The van der Waals surface area contributed by atoms with Gasteiger partial charge in [-0.3, -0.25) is 4.99 Å². The summed E-state index contributed by atoms with van der Waals surface area (Å²) in [6.45, 7) is 12.3. The van der Waals surface area contributed by atoms with Crippen LogP contribution in [0, 0.1) is 6.92 Å². The zero-order valence-corrected chi connectivity index (χ0v) is 21.0. The van der Waals surface area contributed by atoms with Crippen LogP contribution in [0.1, 0.15) is 63.1 Å². The Bertz CT molecular complexity index is 1130. The highest BCUT2D eigenvalue weighted by molar-refractivity contribution is 6.33. The number of nitrogens with zero attached hydrogens (tertiary/aromatic N) is 2. The zero-order valence-electron chi connectivity index (χ0n) is 20.2. The van der Waals surface area contributed by atoms with Crippen LogP contribution in [0.3, 0.4) is 0 Å². The van der Waals surface area contributed by atoms with Crippen LogP contribution in [-0.4, -0.2) is 18.3 Å². The van der Waals surface area contributed by atoms with Gasteiger partial charge in [-0.1, -0.05) is 43.1 Å². The second kappa shape index (κ2) is 9.61. The smallest absolute Gasteiger partial charge is 0.127 e. The summed E-state index contributed by atoms with van der Waals surface area (Å²) in [5, 5.41) is 0.739. The molecule has 0 bridgehead atoms. The number of rotatable bonds is 6. The van der Waals surface area contributed by atoms with E-state index in [1.54, 1.807) is 0 Å². The van der Waals surface area contributed by atoms with Crippen LogP contribution in [0.4, 0.5) is 11.4 Å². The monoisotopic (exact) mass is 460 g/mol. The standard InChI is InChI=1S/C29H33ClN2O/c1-6-15-32-28-17-27(30)22(16-26(28)21(3)18-29(32,4)5)19-31-23-9-13-25(14-10-23)33-24-11-7-20(2)8-12-24/h7-14,16-17,19,21H,6,15,18H2,1-5H3. The van der Waals surface area contributed by atoms with Gasteiger partial charge in [0.25, 0.3) is 0 Å². The van der Waals surface area contributed by atoms with Gasteiger partial charge < -0.3 is 9.64 Å². The Kier molecular flexibility index (Phi) is 6.81. The highest BCUT2D eigenvalue weighted by Gasteiger charge is 2.36. The normalized spacial score (nSPS) is 17.3. The van der Waals surface area contributed by atoms with E-state index in [9.17, 15) is 0 Å². The number of aryl methyl sites for hydroxylation is 1. The molecule has 3 aromatic rings. The van der Waals surface area contributed by atoms with Gasteiger partial charge in [-0.15, -0.1) is 0 Å². The van der Waals surface area contributed by atoms with Gasteiger partial charge in [0.05, 0.1) is 10.7 Å². The fourth-order valence-electron chi connectivity index (χ4n) is 4.75. The lowest BCUT2D eigenvalue weighted by Gasteiger charge is -2.47. The van der Waals surface area contributed by atoms with Crippen molar-refractivity contribution < 1.29 is 4.74 Å². The first-order valence-corrected chi connectivity index (χ1v) is 12.1. The predicted octanol–water partition coefficient (Wildman–Crippen LogP) is 8.69. The summed E-state index contributed by atoms with van der Waals surface area (Å²) in [5.74, 6) is 2.09. The molecule has 4 heteroatoms. The first-order chi connectivity index (χ1) is 15.8. The highest BCUT2D eigenvalue weighted by Crippen LogP contribution is 2.45. The molecule has 1 heterocycles. The van der Waals surface area contributed by atoms with E-state index in [0.29, 0.717) is 5.92 Å². The van der Waals surface area contributed by atoms with Crippen molar-refractivity contribution in [2.24, 2.45) is 4.99 Å². The molecule has 0 aromatic heterocycles. The molecule has 33 heavy (non-hydrogen) atoms. The second-order valence-corrected chi connectivity index (χ2v) is 10.1. The molecule has 0 amide bonds. The predicted molar refractivity (Wildman–Crippen MR) is 141 cm³/mol. The maximum absolute atomic E-state index is 6.72. The van der Waals surface area contributed by atoms with Crippen molar-refractivity contribution in [3.8, 4) is 11.5 Å². The van der Waals surface area contributed by atoms with Crippen LogP contribution in [0.25, 0.3) is 0 Å². The molecule has 1 aliphatic heterocycles. The topological polar surface area (TPSA) is 24.8 Å². The minimum absolute atomic E-state index is 0.129. The van der Waals surface area contributed by atoms with Crippen LogP contribution in [0.5, 0.6) is 11.5 Å². The molecule has 172 valence electrons. The van der Waals surface area contributed by atoms with Crippen LogP contribution < -0.4 is 9.64 Å². The lowest BCUT2D eigenvalue weighted by atomic mass is 9.79. The SMILES string of the molecule is CCCN1c2cc(Cl)c(C=Nc3ccc(Oc4ccc(C)cc4)cc3)cc2C(C)CC1(C)C. The molecule has 0 saturated carbocycles. The van der Waals surface area contributed by atoms with E-state index in [-0.39, 0.29) is 5.54 Å². The maximum Gasteiger partial charge on any atom is 0.127 e. The Morgan fingerprint density at radius 1 is 1.06 bits per heavy atom. The number of hydrogen-bond acceptors (Lipinski definition) is 3. The average molecular weight is 461 g/mol.